The average Bonchev–Trinajstić information content (AvgIpc) is 3.06. The number of sulfonamides is 1. The van der Waals surface area contributed by atoms with Crippen LogP contribution in [0, 0.1) is 5.92 Å². The van der Waals surface area contributed by atoms with Crippen molar-refractivity contribution in [2.75, 3.05) is 0 Å². The summed E-state index contributed by atoms with van der Waals surface area (Å²) in [5.74, 6) is 0.140. The largest absolute Gasteiger partial charge is 0.251 e. The van der Waals surface area contributed by atoms with Crippen molar-refractivity contribution in [3.05, 3.63) is 41.7 Å². The highest BCUT2D eigenvalue weighted by atomic mass is 32.2. The molecule has 130 valence electrons. The number of rotatable bonds is 6. The van der Waals surface area contributed by atoms with Crippen LogP contribution in [0.1, 0.15) is 37.8 Å². The van der Waals surface area contributed by atoms with Crippen molar-refractivity contribution in [3.8, 4) is 0 Å². The summed E-state index contributed by atoms with van der Waals surface area (Å²) in [5, 5.41) is 7.70. The lowest BCUT2D eigenvalue weighted by Crippen LogP contribution is -2.41. The van der Waals surface area contributed by atoms with Gasteiger partial charge < -0.3 is 0 Å². The second-order valence-corrected chi connectivity index (χ2v) is 8.45. The third-order valence-corrected chi connectivity index (χ3v) is 6.08. The highest BCUT2D eigenvalue weighted by Gasteiger charge is 2.24. The van der Waals surface area contributed by atoms with Crippen LogP contribution in [-0.2, 0) is 29.4 Å². The topological polar surface area (TPSA) is 76.9 Å². The zero-order valence-electron chi connectivity index (χ0n) is 14.1. The number of hydrogen-bond donors (Lipinski definition) is 1. The SMILES string of the molecule is CC(C)[C@H](Cn1ccnn1)NS(=O)(=O)c1ccc2c(c1)CCCC2. The first-order valence-corrected chi connectivity index (χ1v) is 9.92. The lowest BCUT2D eigenvalue weighted by Gasteiger charge is -2.23. The highest BCUT2D eigenvalue weighted by Crippen LogP contribution is 2.24. The van der Waals surface area contributed by atoms with Crippen molar-refractivity contribution in [1.82, 2.24) is 19.7 Å². The number of aromatic nitrogens is 3. The fourth-order valence-electron chi connectivity index (χ4n) is 3.06. The van der Waals surface area contributed by atoms with Crippen LogP contribution in [0.15, 0.2) is 35.5 Å². The first-order chi connectivity index (χ1) is 11.5. The molecule has 0 bridgehead atoms. The van der Waals surface area contributed by atoms with Gasteiger partial charge in [-0.15, -0.1) is 5.10 Å². The minimum atomic E-state index is -3.55. The quantitative estimate of drug-likeness (QED) is 0.868. The molecule has 0 unspecified atom stereocenters. The number of nitrogens with one attached hydrogen (secondary N) is 1. The van der Waals surface area contributed by atoms with E-state index in [2.05, 4.69) is 15.0 Å². The molecule has 0 saturated heterocycles. The third-order valence-electron chi connectivity index (χ3n) is 4.60. The van der Waals surface area contributed by atoms with Gasteiger partial charge in [-0.3, -0.25) is 4.68 Å². The molecular weight excluding hydrogens is 324 g/mol. The van der Waals surface area contributed by atoms with Crippen molar-refractivity contribution in [3.63, 3.8) is 0 Å². The Morgan fingerprint density at radius 2 is 1.96 bits per heavy atom. The Bertz CT molecular complexity index is 785. The second-order valence-electron chi connectivity index (χ2n) is 6.73. The lowest BCUT2D eigenvalue weighted by atomic mass is 9.92. The molecule has 2 aromatic rings. The van der Waals surface area contributed by atoms with Crippen LogP contribution in [0.2, 0.25) is 0 Å². The van der Waals surface area contributed by atoms with Gasteiger partial charge in [0, 0.05) is 12.2 Å². The molecule has 6 nitrogen and oxygen atoms in total. The molecule has 3 rings (SSSR count). The van der Waals surface area contributed by atoms with Crippen LogP contribution < -0.4 is 4.72 Å². The van der Waals surface area contributed by atoms with Crippen LogP contribution in [-0.4, -0.2) is 29.5 Å². The fourth-order valence-corrected chi connectivity index (χ4v) is 4.49. The van der Waals surface area contributed by atoms with E-state index in [1.54, 1.807) is 23.1 Å². The average molecular weight is 348 g/mol. The predicted molar refractivity (Wildman–Crippen MR) is 92.1 cm³/mol. The van der Waals surface area contributed by atoms with E-state index in [0.29, 0.717) is 11.4 Å². The minimum Gasteiger partial charge on any atom is -0.251 e. The molecule has 7 heteroatoms. The summed E-state index contributed by atoms with van der Waals surface area (Å²) >= 11 is 0. The molecule has 0 saturated carbocycles. The Hall–Kier alpha value is -1.73. The Labute approximate surface area is 143 Å². The van der Waals surface area contributed by atoms with Gasteiger partial charge in [0.15, 0.2) is 0 Å². The van der Waals surface area contributed by atoms with Crippen molar-refractivity contribution in [2.24, 2.45) is 5.92 Å². The van der Waals surface area contributed by atoms with Gasteiger partial charge in [-0.25, -0.2) is 13.1 Å². The smallest absolute Gasteiger partial charge is 0.240 e. The lowest BCUT2D eigenvalue weighted by molar-refractivity contribution is 0.378. The molecule has 1 aliphatic rings. The van der Waals surface area contributed by atoms with Gasteiger partial charge in [-0.2, -0.15) is 0 Å². The van der Waals surface area contributed by atoms with Crippen molar-refractivity contribution >= 4 is 10.0 Å². The molecule has 0 amide bonds. The number of hydrogen-bond acceptors (Lipinski definition) is 4. The van der Waals surface area contributed by atoms with E-state index < -0.39 is 10.0 Å². The summed E-state index contributed by atoms with van der Waals surface area (Å²) in [6, 6.07) is 5.28. The standard InChI is InChI=1S/C17H24N4O2S/c1-13(2)17(12-21-10-9-18-20-21)19-24(22,23)16-8-7-14-5-3-4-6-15(14)11-16/h7-11,13,17,19H,3-6,12H2,1-2H3/t17-/m0/s1. The molecule has 0 spiro atoms. The van der Waals surface area contributed by atoms with Crippen LogP contribution in [0.25, 0.3) is 0 Å². The fraction of sp³-hybridized carbons (Fsp3) is 0.529. The van der Waals surface area contributed by atoms with E-state index in [1.807, 2.05) is 26.0 Å². The maximum Gasteiger partial charge on any atom is 0.240 e. The Morgan fingerprint density at radius 3 is 2.62 bits per heavy atom. The molecule has 0 aliphatic heterocycles. The Morgan fingerprint density at radius 1 is 1.21 bits per heavy atom. The van der Waals surface area contributed by atoms with Crippen LogP contribution in [0.4, 0.5) is 0 Å². The van der Waals surface area contributed by atoms with Gasteiger partial charge in [-0.1, -0.05) is 25.1 Å². The van der Waals surface area contributed by atoms with Gasteiger partial charge >= 0.3 is 0 Å². The number of benzene rings is 1. The van der Waals surface area contributed by atoms with E-state index in [0.717, 1.165) is 19.3 Å². The first-order valence-electron chi connectivity index (χ1n) is 8.44. The second kappa shape index (κ2) is 7.03. The summed E-state index contributed by atoms with van der Waals surface area (Å²) in [6.45, 7) is 4.45. The third kappa shape index (κ3) is 3.84. The molecule has 24 heavy (non-hydrogen) atoms. The van der Waals surface area contributed by atoms with Crippen LogP contribution in [0.3, 0.4) is 0 Å². The monoisotopic (exact) mass is 348 g/mol. The molecule has 1 heterocycles. The number of nitrogens with zero attached hydrogens (tertiary/aromatic N) is 3. The summed E-state index contributed by atoms with van der Waals surface area (Å²) in [4.78, 5) is 0.354. The van der Waals surface area contributed by atoms with Crippen LogP contribution in [0.5, 0.6) is 0 Å². The molecular formula is C17H24N4O2S. The molecule has 1 atom stereocenters. The van der Waals surface area contributed by atoms with E-state index in [9.17, 15) is 8.42 Å². The summed E-state index contributed by atoms with van der Waals surface area (Å²) in [6.07, 6.45) is 7.66. The molecule has 0 radical (unpaired) electrons. The minimum absolute atomic E-state index is 0.140. The molecule has 1 aromatic heterocycles. The van der Waals surface area contributed by atoms with Gasteiger partial charge in [-0.05, 0) is 54.9 Å². The van der Waals surface area contributed by atoms with E-state index >= 15 is 0 Å². The van der Waals surface area contributed by atoms with Gasteiger partial charge in [0.05, 0.1) is 17.6 Å². The Balaban J connectivity index is 1.81. The molecule has 0 fully saturated rings. The van der Waals surface area contributed by atoms with Crippen molar-refractivity contribution in [2.45, 2.75) is 57.0 Å². The molecule has 1 aromatic carbocycles. The van der Waals surface area contributed by atoms with E-state index in [4.69, 9.17) is 0 Å². The zero-order chi connectivity index (χ0) is 17.2. The van der Waals surface area contributed by atoms with Gasteiger partial charge in [0.1, 0.15) is 0 Å². The number of fused-ring (bicyclic) bond motifs is 1. The first kappa shape index (κ1) is 17.1. The Kier molecular flexibility index (Phi) is 5.01. The number of aryl methyl sites for hydroxylation is 2. The maximum atomic E-state index is 12.8. The van der Waals surface area contributed by atoms with E-state index in [1.165, 1.54) is 17.5 Å². The molecule has 1 N–H and O–H groups in total. The zero-order valence-corrected chi connectivity index (χ0v) is 15.0. The maximum absolute atomic E-state index is 12.8. The van der Waals surface area contributed by atoms with Crippen LogP contribution >= 0.6 is 0 Å². The normalized spacial score (nSPS) is 16.1. The molecule has 1 aliphatic carbocycles. The summed E-state index contributed by atoms with van der Waals surface area (Å²) in [7, 11) is -3.55. The summed E-state index contributed by atoms with van der Waals surface area (Å²) < 4.78 is 30.1. The predicted octanol–water partition coefficient (Wildman–Crippen LogP) is 2.16. The summed E-state index contributed by atoms with van der Waals surface area (Å²) in [5.41, 5.74) is 2.45. The highest BCUT2D eigenvalue weighted by molar-refractivity contribution is 7.89. The van der Waals surface area contributed by atoms with Crippen molar-refractivity contribution in [1.29, 1.82) is 0 Å². The van der Waals surface area contributed by atoms with Gasteiger partial charge in [0.25, 0.3) is 0 Å². The van der Waals surface area contributed by atoms with E-state index in [-0.39, 0.29) is 12.0 Å². The van der Waals surface area contributed by atoms with Crippen molar-refractivity contribution < 1.29 is 8.42 Å². The van der Waals surface area contributed by atoms with Gasteiger partial charge in [0.2, 0.25) is 10.0 Å².